The maximum atomic E-state index is 12.3. The first kappa shape index (κ1) is 56.9. The predicted molar refractivity (Wildman–Crippen MR) is 312 cm³/mol. The zero-order valence-corrected chi connectivity index (χ0v) is 46.5. The SMILES string of the molecule is CCCc1ccc(O)c(Cc2cc(CCC)cc(Cc3cc(CCC)cc(Cc4cc(CCC)cc(Cc5cc(CCC)cc(Cc6cc(CCC)cc(Cc7cc(CCC)ccc7O)c6O)c5O)c4O)c3O)c2O)c1. The fourth-order valence-corrected chi connectivity index (χ4v) is 11.4. The summed E-state index contributed by atoms with van der Waals surface area (Å²) in [4.78, 5) is 0. The summed E-state index contributed by atoms with van der Waals surface area (Å²) in [5.41, 5.74) is 16.3. The van der Waals surface area contributed by atoms with E-state index in [9.17, 15) is 35.7 Å². The van der Waals surface area contributed by atoms with Crippen molar-refractivity contribution in [1.82, 2.24) is 0 Å². The molecule has 0 radical (unpaired) electrons. The average molecular weight is 1030 g/mol. The van der Waals surface area contributed by atoms with Crippen LogP contribution in [0.4, 0.5) is 0 Å². The largest absolute Gasteiger partial charge is 0.508 e. The number of hydrogen-bond acceptors (Lipinski definition) is 7. The molecule has 0 unspecified atom stereocenters. The quantitative estimate of drug-likeness (QED) is 0.0286. The Labute approximate surface area is 453 Å². The van der Waals surface area contributed by atoms with Gasteiger partial charge in [-0.1, -0.05) is 178 Å². The van der Waals surface area contributed by atoms with Gasteiger partial charge in [-0.25, -0.2) is 0 Å². The third-order valence-corrected chi connectivity index (χ3v) is 15.0. The van der Waals surface area contributed by atoms with Crippen molar-refractivity contribution in [3.8, 4) is 40.2 Å². The van der Waals surface area contributed by atoms with Crippen LogP contribution in [0.1, 0.15) is 199 Å². The summed E-state index contributed by atoms with van der Waals surface area (Å²) in [6.45, 7) is 15.0. The van der Waals surface area contributed by atoms with E-state index < -0.39 is 0 Å². The molecule has 0 aliphatic carbocycles. The Morgan fingerprint density at radius 3 is 0.553 bits per heavy atom. The molecule has 0 aliphatic heterocycles. The van der Waals surface area contributed by atoms with Gasteiger partial charge in [-0.3, -0.25) is 0 Å². The molecule has 0 amide bonds. The molecule has 402 valence electrons. The van der Waals surface area contributed by atoms with Gasteiger partial charge in [-0.15, -0.1) is 0 Å². The Kier molecular flexibility index (Phi) is 20.0. The molecule has 7 rings (SSSR count). The summed E-state index contributed by atoms with van der Waals surface area (Å²) >= 11 is 0. The number of aromatic hydroxyl groups is 7. The molecule has 0 saturated heterocycles. The summed E-state index contributed by atoms with van der Waals surface area (Å²) in [5, 5.41) is 82.6. The van der Waals surface area contributed by atoms with Crippen LogP contribution in [-0.4, -0.2) is 35.7 Å². The highest BCUT2D eigenvalue weighted by atomic mass is 16.3. The molecule has 76 heavy (non-hydrogen) atoms. The summed E-state index contributed by atoms with van der Waals surface area (Å²) in [6, 6.07) is 32.0. The average Bonchev–Trinajstić information content (AvgIpc) is 3.39. The minimum atomic E-state index is 0.130. The summed E-state index contributed by atoms with van der Waals surface area (Å²) < 4.78 is 0. The van der Waals surface area contributed by atoms with Gasteiger partial charge in [0.15, 0.2) is 0 Å². The van der Waals surface area contributed by atoms with E-state index in [1.54, 1.807) is 12.1 Å². The van der Waals surface area contributed by atoms with Gasteiger partial charge in [0, 0.05) is 38.5 Å². The van der Waals surface area contributed by atoms with Crippen LogP contribution in [0.15, 0.2) is 97.1 Å². The van der Waals surface area contributed by atoms with Crippen molar-refractivity contribution in [3.05, 3.63) is 203 Å². The van der Waals surface area contributed by atoms with E-state index in [1.165, 1.54) is 0 Å². The molecule has 7 heteroatoms. The lowest BCUT2D eigenvalue weighted by atomic mass is 9.88. The molecule has 0 heterocycles. The second-order valence-corrected chi connectivity index (χ2v) is 21.6. The van der Waals surface area contributed by atoms with Crippen molar-refractivity contribution in [2.45, 2.75) is 177 Å². The second-order valence-electron chi connectivity index (χ2n) is 21.6. The number of aryl methyl sites for hydroxylation is 7. The third kappa shape index (κ3) is 14.1. The van der Waals surface area contributed by atoms with Crippen molar-refractivity contribution in [2.75, 3.05) is 0 Å². The van der Waals surface area contributed by atoms with Crippen molar-refractivity contribution in [3.63, 3.8) is 0 Å². The van der Waals surface area contributed by atoms with E-state index >= 15 is 0 Å². The highest BCUT2D eigenvalue weighted by Gasteiger charge is 2.22. The van der Waals surface area contributed by atoms with Gasteiger partial charge >= 0.3 is 0 Å². The Bertz CT molecular complexity index is 2910. The van der Waals surface area contributed by atoms with Crippen LogP contribution in [0.5, 0.6) is 40.2 Å². The first-order valence-electron chi connectivity index (χ1n) is 28.5. The van der Waals surface area contributed by atoms with E-state index in [4.69, 9.17) is 0 Å². The standard InChI is InChI=1S/C69H84O7/c1-8-15-44-22-24-63(70)51(26-44)38-53-28-46(17-10-3)30-55(65(53)72)40-57-32-48(19-12-5)34-59(67(57)74)42-61-36-50(21-14-7)37-62(69(61)76)43-60-35-49(20-13-6)33-58(68(60)75)41-56-31-47(18-11-4)29-54(66(56)73)39-52-27-45(16-9-2)23-25-64(52)71/h22-37,70-76H,8-21,38-43H2,1-7H3. The highest BCUT2D eigenvalue weighted by molar-refractivity contribution is 5.58. The molecule has 0 aromatic heterocycles. The highest BCUT2D eigenvalue weighted by Crippen LogP contribution is 2.40. The van der Waals surface area contributed by atoms with Crippen LogP contribution in [0, 0.1) is 0 Å². The molecule has 7 aromatic rings. The van der Waals surface area contributed by atoms with Gasteiger partial charge in [-0.05, 0) is 163 Å². The lowest BCUT2D eigenvalue weighted by Gasteiger charge is -2.19. The molecular formula is C69H84O7. The molecule has 0 atom stereocenters. The van der Waals surface area contributed by atoms with Crippen molar-refractivity contribution >= 4 is 0 Å². The fraction of sp³-hybridized carbons (Fsp3) is 0.391. The maximum absolute atomic E-state index is 12.3. The van der Waals surface area contributed by atoms with Crippen LogP contribution in [0.2, 0.25) is 0 Å². The molecular weight excluding hydrogens is 941 g/mol. The Morgan fingerprint density at radius 2 is 0.368 bits per heavy atom. The number of phenols is 7. The molecule has 7 aromatic carbocycles. The number of hydrogen-bond donors (Lipinski definition) is 7. The van der Waals surface area contributed by atoms with Crippen LogP contribution in [0.25, 0.3) is 0 Å². The van der Waals surface area contributed by atoms with Crippen LogP contribution in [0.3, 0.4) is 0 Å². The Hall–Kier alpha value is -6.86. The molecule has 0 fully saturated rings. The van der Waals surface area contributed by atoms with Crippen molar-refractivity contribution in [1.29, 1.82) is 0 Å². The van der Waals surface area contributed by atoms with E-state index in [0.29, 0.717) is 59.1 Å². The van der Waals surface area contributed by atoms with Crippen LogP contribution >= 0.6 is 0 Å². The predicted octanol–water partition coefficient (Wildman–Crippen LogP) is 15.8. The minimum absolute atomic E-state index is 0.130. The van der Waals surface area contributed by atoms with Gasteiger partial charge < -0.3 is 35.7 Å². The summed E-state index contributed by atoms with van der Waals surface area (Å²) in [6.07, 6.45) is 14.3. The maximum Gasteiger partial charge on any atom is 0.122 e. The fourth-order valence-electron chi connectivity index (χ4n) is 11.4. The zero-order valence-electron chi connectivity index (χ0n) is 46.5. The Morgan fingerprint density at radius 1 is 0.211 bits per heavy atom. The van der Waals surface area contributed by atoms with Gasteiger partial charge in [-0.2, -0.15) is 0 Å². The molecule has 0 bridgehead atoms. The summed E-state index contributed by atoms with van der Waals surface area (Å²) in [5.74, 6) is 1.16. The van der Waals surface area contributed by atoms with E-state index in [2.05, 4.69) is 60.6 Å². The van der Waals surface area contributed by atoms with E-state index in [0.717, 1.165) is 162 Å². The monoisotopic (exact) mass is 1020 g/mol. The molecule has 0 spiro atoms. The topological polar surface area (TPSA) is 142 Å². The van der Waals surface area contributed by atoms with Gasteiger partial charge in [0.25, 0.3) is 0 Å². The third-order valence-electron chi connectivity index (χ3n) is 15.0. The first-order chi connectivity index (χ1) is 36.7. The number of rotatable bonds is 26. The zero-order chi connectivity index (χ0) is 54.5. The number of benzene rings is 7. The van der Waals surface area contributed by atoms with Gasteiger partial charge in [0.2, 0.25) is 0 Å². The molecule has 0 saturated carbocycles. The van der Waals surface area contributed by atoms with E-state index in [-0.39, 0.29) is 53.1 Å². The first-order valence-corrected chi connectivity index (χ1v) is 28.5. The molecule has 0 aliphatic rings. The molecule has 7 nitrogen and oxygen atoms in total. The van der Waals surface area contributed by atoms with Crippen molar-refractivity contribution < 1.29 is 35.7 Å². The van der Waals surface area contributed by atoms with Gasteiger partial charge in [0.1, 0.15) is 40.2 Å². The molecule has 7 N–H and O–H groups in total. The lowest BCUT2D eigenvalue weighted by molar-refractivity contribution is 0.452. The van der Waals surface area contributed by atoms with Crippen LogP contribution < -0.4 is 0 Å². The van der Waals surface area contributed by atoms with Crippen molar-refractivity contribution in [2.24, 2.45) is 0 Å². The number of phenolic OH excluding ortho intramolecular Hbond substituents is 7. The summed E-state index contributed by atoms with van der Waals surface area (Å²) in [7, 11) is 0. The normalized spacial score (nSPS) is 11.5. The Balaban J connectivity index is 1.24. The minimum Gasteiger partial charge on any atom is -0.508 e. The second kappa shape index (κ2) is 26.8. The van der Waals surface area contributed by atoms with Gasteiger partial charge in [0.05, 0.1) is 0 Å². The lowest BCUT2D eigenvalue weighted by Crippen LogP contribution is -2.03. The van der Waals surface area contributed by atoms with Crippen LogP contribution in [-0.2, 0) is 83.5 Å². The smallest absolute Gasteiger partial charge is 0.122 e. The van der Waals surface area contributed by atoms with E-state index in [1.807, 2.05) is 72.8 Å².